The van der Waals surface area contributed by atoms with Gasteiger partial charge in [-0.2, -0.15) is 0 Å². The predicted octanol–water partition coefficient (Wildman–Crippen LogP) is 3.87. The van der Waals surface area contributed by atoms with Gasteiger partial charge >= 0.3 is 0 Å². The molecule has 1 fully saturated rings. The van der Waals surface area contributed by atoms with Gasteiger partial charge in [-0.15, -0.1) is 0 Å². The fourth-order valence-corrected chi connectivity index (χ4v) is 3.71. The molecule has 0 radical (unpaired) electrons. The SMILES string of the molecule is COc1ccccc1/C=C1\SC(=S)N(CNc2cccc([N+](=O)[O-])c2)C1=O. The van der Waals surface area contributed by atoms with Gasteiger partial charge in [-0.05, 0) is 18.2 Å². The van der Waals surface area contributed by atoms with Gasteiger partial charge in [0.25, 0.3) is 11.6 Å². The first-order valence-corrected chi connectivity index (χ1v) is 9.09. The van der Waals surface area contributed by atoms with Crippen molar-refractivity contribution in [3.05, 3.63) is 69.1 Å². The summed E-state index contributed by atoms with van der Waals surface area (Å²) in [7, 11) is 1.57. The molecule has 1 amide bonds. The number of nitrogens with one attached hydrogen (secondary N) is 1. The molecule has 0 saturated carbocycles. The lowest BCUT2D eigenvalue weighted by molar-refractivity contribution is -0.384. The fourth-order valence-electron chi connectivity index (χ4n) is 2.46. The summed E-state index contributed by atoms with van der Waals surface area (Å²) in [5.41, 5.74) is 1.29. The number of nitro benzene ring substituents is 1. The van der Waals surface area contributed by atoms with E-state index < -0.39 is 4.92 Å². The molecule has 1 aliphatic rings. The summed E-state index contributed by atoms with van der Waals surface area (Å²) in [6.45, 7) is 0.120. The van der Waals surface area contributed by atoms with E-state index in [1.807, 2.05) is 24.3 Å². The molecule has 1 heterocycles. The minimum Gasteiger partial charge on any atom is -0.496 e. The lowest BCUT2D eigenvalue weighted by Crippen LogP contribution is -2.33. The van der Waals surface area contributed by atoms with E-state index in [2.05, 4.69) is 5.32 Å². The predicted molar refractivity (Wildman–Crippen MR) is 110 cm³/mol. The van der Waals surface area contributed by atoms with Crippen molar-refractivity contribution in [3.8, 4) is 5.75 Å². The van der Waals surface area contributed by atoms with E-state index in [0.29, 0.717) is 20.7 Å². The molecule has 138 valence electrons. The third kappa shape index (κ3) is 4.26. The molecule has 0 unspecified atom stereocenters. The van der Waals surface area contributed by atoms with Crippen LogP contribution in [0.1, 0.15) is 5.56 Å². The normalized spacial score (nSPS) is 15.3. The molecule has 27 heavy (non-hydrogen) atoms. The van der Waals surface area contributed by atoms with Crippen LogP contribution < -0.4 is 10.1 Å². The van der Waals surface area contributed by atoms with E-state index in [1.54, 1.807) is 25.3 Å². The van der Waals surface area contributed by atoms with E-state index >= 15 is 0 Å². The summed E-state index contributed by atoms with van der Waals surface area (Å²) in [5, 5.41) is 13.9. The monoisotopic (exact) mass is 401 g/mol. The Balaban J connectivity index is 1.74. The summed E-state index contributed by atoms with van der Waals surface area (Å²) < 4.78 is 5.72. The van der Waals surface area contributed by atoms with Crippen LogP contribution in [0.2, 0.25) is 0 Å². The number of nitro groups is 1. The number of carbonyl (C=O) groups excluding carboxylic acids is 1. The molecule has 0 aromatic heterocycles. The topological polar surface area (TPSA) is 84.7 Å². The van der Waals surface area contributed by atoms with E-state index in [0.717, 1.165) is 5.56 Å². The first-order valence-electron chi connectivity index (χ1n) is 7.86. The number of thiocarbonyl (C=S) groups is 1. The van der Waals surface area contributed by atoms with Crippen molar-refractivity contribution < 1.29 is 14.5 Å². The maximum atomic E-state index is 12.7. The van der Waals surface area contributed by atoms with E-state index in [-0.39, 0.29) is 18.3 Å². The first kappa shape index (κ1) is 18.9. The Bertz CT molecular complexity index is 946. The first-order chi connectivity index (χ1) is 13.0. The standard InChI is InChI=1S/C18H15N3O4S2/c1-25-15-8-3-2-5-12(15)9-16-17(22)20(18(26)27-16)11-19-13-6-4-7-14(10-13)21(23)24/h2-10,19H,11H2,1H3/b16-9-. The molecule has 0 aliphatic carbocycles. The van der Waals surface area contributed by atoms with Crippen LogP contribution in [-0.2, 0) is 4.79 Å². The number of thioether (sulfide) groups is 1. The number of hydrogen-bond acceptors (Lipinski definition) is 7. The number of para-hydroxylation sites is 1. The summed E-state index contributed by atoms with van der Waals surface area (Å²) in [4.78, 5) is 25.0. The van der Waals surface area contributed by atoms with Crippen molar-refractivity contribution in [3.63, 3.8) is 0 Å². The van der Waals surface area contributed by atoms with Crippen molar-refractivity contribution in [1.82, 2.24) is 4.90 Å². The number of benzene rings is 2. The number of hydrogen-bond donors (Lipinski definition) is 1. The Morgan fingerprint density at radius 2 is 2.07 bits per heavy atom. The molecule has 3 rings (SSSR count). The molecular formula is C18H15N3O4S2. The number of anilines is 1. The van der Waals surface area contributed by atoms with Gasteiger partial charge in [0.1, 0.15) is 10.1 Å². The number of non-ortho nitro benzene ring substituents is 1. The van der Waals surface area contributed by atoms with Gasteiger partial charge in [0.2, 0.25) is 0 Å². The zero-order valence-corrected chi connectivity index (χ0v) is 15.9. The molecule has 2 aromatic carbocycles. The number of ether oxygens (including phenoxy) is 1. The summed E-state index contributed by atoms with van der Waals surface area (Å²) in [6.07, 6.45) is 1.74. The van der Waals surface area contributed by atoms with Crippen LogP contribution in [0.4, 0.5) is 11.4 Å². The van der Waals surface area contributed by atoms with Gasteiger partial charge in [-0.25, -0.2) is 0 Å². The molecule has 1 N–H and O–H groups in total. The Hall–Kier alpha value is -2.91. The van der Waals surface area contributed by atoms with Crippen LogP contribution in [0.3, 0.4) is 0 Å². The van der Waals surface area contributed by atoms with Crippen molar-refractivity contribution in [1.29, 1.82) is 0 Å². The summed E-state index contributed by atoms with van der Waals surface area (Å²) in [6, 6.07) is 13.5. The van der Waals surface area contributed by atoms with Crippen molar-refractivity contribution >= 4 is 51.7 Å². The van der Waals surface area contributed by atoms with Gasteiger partial charge < -0.3 is 10.1 Å². The smallest absolute Gasteiger partial charge is 0.271 e. The van der Waals surface area contributed by atoms with Crippen LogP contribution in [0.25, 0.3) is 6.08 Å². The van der Waals surface area contributed by atoms with Crippen LogP contribution in [0, 0.1) is 10.1 Å². The third-order valence-electron chi connectivity index (χ3n) is 3.80. The molecule has 0 spiro atoms. The number of methoxy groups -OCH3 is 1. The number of carbonyl (C=O) groups is 1. The quantitative estimate of drug-likeness (QED) is 0.340. The molecule has 0 atom stereocenters. The largest absolute Gasteiger partial charge is 0.496 e. The van der Waals surface area contributed by atoms with Gasteiger partial charge in [-0.3, -0.25) is 19.8 Å². The van der Waals surface area contributed by atoms with Gasteiger partial charge in [0, 0.05) is 23.4 Å². The van der Waals surface area contributed by atoms with E-state index in [1.165, 1.54) is 28.8 Å². The Morgan fingerprint density at radius 1 is 1.30 bits per heavy atom. The van der Waals surface area contributed by atoms with E-state index in [9.17, 15) is 14.9 Å². The Kier molecular flexibility index (Phi) is 5.72. The number of rotatable bonds is 6. The van der Waals surface area contributed by atoms with Gasteiger partial charge in [-0.1, -0.05) is 48.2 Å². The minimum absolute atomic E-state index is 0.0264. The van der Waals surface area contributed by atoms with E-state index in [4.69, 9.17) is 17.0 Å². The van der Waals surface area contributed by atoms with Crippen LogP contribution in [0.15, 0.2) is 53.4 Å². The zero-order chi connectivity index (χ0) is 19.4. The molecule has 9 heteroatoms. The average molecular weight is 401 g/mol. The highest BCUT2D eigenvalue weighted by atomic mass is 32.2. The molecule has 0 bridgehead atoms. The number of nitrogens with zero attached hydrogens (tertiary/aromatic N) is 2. The second-order valence-electron chi connectivity index (χ2n) is 5.49. The molecule has 7 nitrogen and oxygen atoms in total. The van der Waals surface area contributed by atoms with Crippen LogP contribution in [-0.4, -0.2) is 33.8 Å². The van der Waals surface area contributed by atoms with Crippen molar-refractivity contribution in [2.45, 2.75) is 0 Å². The van der Waals surface area contributed by atoms with Gasteiger partial charge in [0.15, 0.2) is 0 Å². The van der Waals surface area contributed by atoms with Crippen molar-refractivity contribution in [2.24, 2.45) is 0 Å². The summed E-state index contributed by atoms with van der Waals surface area (Å²) >= 11 is 6.51. The minimum atomic E-state index is -0.471. The van der Waals surface area contributed by atoms with Crippen LogP contribution in [0.5, 0.6) is 5.75 Å². The highest BCUT2D eigenvalue weighted by Gasteiger charge is 2.32. The van der Waals surface area contributed by atoms with Crippen LogP contribution >= 0.6 is 24.0 Å². The number of amides is 1. The maximum Gasteiger partial charge on any atom is 0.271 e. The molecule has 1 saturated heterocycles. The fraction of sp³-hybridized carbons (Fsp3) is 0.111. The molecule has 1 aliphatic heterocycles. The molecular weight excluding hydrogens is 386 g/mol. The maximum absolute atomic E-state index is 12.7. The lowest BCUT2D eigenvalue weighted by Gasteiger charge is -2.16. The third-order valence-corrected chi connectivity index (χ3v) is 5.18. The second kappa shape index (κ2) is 8.19. The zero-order valence-electron chi connectivity index (χ0n) is 14.2. The Labute approximate surface area is 165 Å². The average Bonchev–Trinajstić information content (AvgIpc) is 2.93. The van der Waals surface area contributed by atoms with Gasteiger partial charge in [0.05, 0.1) is 23.6 Å². The van der Waals surface area contributed by atoms with Crippen molar-refractivity contribution in [2.75, 3.05) is 19.1 Å². The lowest BCUT2D eigenvalue weighted by atomic mass is 10.2. The highest BCUT2D eigenvalue weighted by Crippen LogP contribution is 2.34. The Morgan fingerprint density at radius 3 is 2.81 bits per heavy atom. The summed E-state index contributed by atoms with van der Waals surface area (Å²) in [5.74, 6) is 0.436. The second-order valence-corrected chi connectivity index (χ2v) is 7.17. The highest BCUT2D eigenvalue weighted by molar-refractivity contribution is 8.26. The molecule has 2 aromatic rings.